The molecule has 3 rings (SSSR count). The zero-order chi connectivity index (χ0) is 18.4. The quantitative estimate of drug-likeness (QED) is 0.625. The Hall–Kier alpha value is -3.27. The van der Waals surface area contributed by atoms with Gasteiger partial charge in [0.25, 0.3) is 0 Å². The molecule has 0 aromatic heterocycles. The SMILES string of the molecule is Cc1cccc(NC(=O)NC(C)c2ccc(Oc3ccccc3)cc2)c1. The molecule has 4 nitrogen and oxygen atoms in total. The summed E-state index contributed by atoms with van der Waals surface area (Å²) in [5.41, 5.74) is 2.89. The maximum atomic E-state index is 12.2. The van der Waals surface area contributed by atoms with E-state index < -0.39 is 0 Å². The van der Waals surface area contributed by atoms with Gasteiger partial charge < -0.3 is 15.4 Å². The fraction of sp³-hybridized carbons (Fsp3) is 0.136. The van der Waals surface area contributed by atoms with Crippen molar-refractivity contribution >= 4 is 11.7 Å². The van der Waals surface area contributed by atoms with Gasteiger partial charge in [0.05, 0.1) is 6.04 Å². The minimum atomic E-state index is -0.229. The van der Waals surface area contributed by atoms with E-state index >= 15 is 0 Å². The van der Waals surface area contributed by atoms with E-state index in [-0.39, 0.29) is 12.1 Å². The Morgan fingerprint density at radius 2 is 1.58 bits per heavy atom. The molecule has 3 aromatic carbocycles. The van der Waals surface area contributed by atoms with Crippen LogP contribution in [0, 0.1) is 6.92 Å². The van der Waals surface area contributed by atoms with E-state index in [1.807, 2.05) is 92.7 Å². The number of ether oxygens (including phenoxy) is 1. The van der Waals surface area contributed by atoms with E-state index in [9.17, 15) is 4.79 Å². The number of nitrogens with one attached hydrogen (secondary N) is 2. The maximum Gasteiger partial charge on any atom is 0.319 e. The molecule has 0 bridgehead atoms. The fourth-order valence-electron chi connectivity index (χ4n) is 2.62. The van der Waals surface area contributed by atoms with Gasteiger partial charge in [-0.2, -0.15) is 0 Å². The molecule has 2 N–H and O–H groups in total. The molecule has 1 unspecified atom stereocenters. The lowest BCUT2D eigenvalue weighted by Gasteiger charge is -2.16. The molecule has 3 aromatic rings. The minimum Gasteiger partial charge on any atom is -0.457 e. The number of carbonyl (C=O) groups is 1. The Morgan fingerprint density at radius 3 is 2.27 bits per heavy atom. The molecule has 0 aliphatic heterocycles. The molecule has 0 radical (unpaired) electrons. The second-order valence-electron chi connectivity index (χ2n) is 6.17. The average molecular weight is 346 g/mol. The highest BCUT2D eigenvalue weighted by molar-refractivity contribution is 5.89. The second kappa shape index (κ2) is 8.21. The van der Waals surface area contributed by atoms with Crippen molar-refractivity contribution in [3.63, 3.8) is 0 Å². The summed E-state index contributed by atoms with van der Waals surface area (Å²) in [5.74, 6) is 1.56. The third-order valence-corrected chi connectivity index (χ3v) is 3.98. The number of urea groups is 1. The molecule has 26 heavy (non-hydrogen) atoms. The molecule has 0 fully saturated rings. The lowest BCUT2D eigenvalue weighted by Crippen LogP contribution is -2.31. The second-order valence-corrected chi connectivity index (χ2v) is 6.17. The topological polar surface area (TPSA) is 50.4 Å². The van der Waals surface area contributed by atoms with Crippen LogP contribution in [0.2, 0.25) is 0 Å². The number of carbonyl (C=O) groups excluding carboxylic acids is 1. The van der Waals surface area contributed by atoms with Gasteiger partial charge in [-0.15, -0.1) is 0 Å². The van der Waals surface area contributed by atoms with Crippen molar-refractivity contribution in [2.24, 2.45) is 0 Å². The smallest absolute Gasteiger partial charge is 0.319 e. The van der Waals surface area contributed by atoms with Crippen LogP contribution in [0.25, 0.3) is 0 Å². The number of amides is 2. The van der Waals surface area contributed by atoms with Gasteiger partial charge in [-0.1, -0.05) is 42.5 Å². The third kappa shape index (κ3) is 4.86. The predicted octanol–water partition coefficient (Wildman–Crippen LogP) is 5.67. The lowest BCUT2D eigenvalue weighted by atomic mass is 10.1. The summed E-state index contributed by atoms with van der Waals surface area (Å²) in [5, 5.41) is 5.80. The van der Waals surface area contributed by atoms with E-state index in [1.165, 1.54) is 0 Å². The van der Waals surface area contributed by atoms with Crippen LogP contribution in [0.5, 0.6) is 11.5 Å². The summed E-state index contributed by atoms with van der Waals surface area (Å²) in [7, 11) is 0. The van der Waals surface area contributed by atoms with Gasteiger partial charge in [0.15, 0.2) is 0 Å². The highest BCUT2D eigenvalue weighted by Gasteiger charge is 2.10. The van der Waals surface area contributed by atoms with Gasteiger partial charge in [-0.25, -0.2) is 4.79 Å². The van der Waals surface area contributed by atoms with Crippen molar-refractivity contribution in [3.05, 3.63) is 90.0 Å². The van der Waals surface area contributed by atoms with E-state index in [0.29, 0.717) is 0 Å². The van der Waals surface area contributed by atoms with Crippen LogP contribution in [0.4, 0.5) is 10.5 Å². The van der Waals surface area contributed by atoms with Crippen LogP contribution in [0.3, 0.4) is 0 Å². The third-order valence-electron chi connectivity index (χ3n) is 3.98. The van der Waals surface area contributed by atoms with E-state index in [2.05, 4.69) is 10.6 Å². The van der Waals surface area contributed by atoms with E-state index in [0.717, 1.165) is 28.3 Å². The molecule has 132 valence electrons. The number of anilines is 1. The van der Waals surface area contributed by atoms with Crippen LogP contribution in [-0.2, 0) is 0 Å². The fourth-order valence-corrected chi connectivity index (χ4v) is 2.62. The number of hydrogen-bond donors (Lipinski definition) is 2. The van der Waals surface area contributed by atoms with Gasteiger partial charge >= 0.3 is 6.03 Å². The van der Waals surface area contributed by atoms with Gasteiger partial charge in [-0.05, 0) is 61.4 Å². The van der Waals surface area contributed by atoms with Gasteiger partial charge in [0.2, 0.25) is 0 Å². The number of benzene rings is 3. The van der Waals surface area contributed by atoms with Crippen molar-refractivity contribution in [1.29, 1.82) is 0 Å². The van der Waals surface area contributed by atoms with Crippen LogP contribution in [0.15, 0.2) is 78.9 Å². The van der Waals surface area contributed by atoms with Crippen LogP contribution >= 0.6 is 0 Å². The molecule has 2 amide bonds. The molecule has 0 spiro atoms. The molecule has 0 saturated carbocycles. The minimum absolute atomic E-state index is 0.120. The summed E-state index contributed by atoms with van der Waals surface area (Å²) in [6.07, 6.45) is 0. The van der Waals surface area contributed by atoms with Gasteiger partial charge in [-0.3, -0.25) is 0 Å². The standard InChI is InChI=1S/C22H22N2O2/c1-16-7-6-8-19(15-16)24-22(25)23-17(2)18-11-13-21(14-12-18)26-20-9-4-3-5-10-20/h3-15,17H,1-2H3,(H2,23,24,25). The van der Waals surface area contributed by atoms with Crippen molar-refractivity contribution in [1.82, 2.24) is 5.32 Å². The Labute approximate surface area is 153 Å². The van der Waals surface area contributed by atoms with Crippen molar-refractivity contribution in [3.8, 4) is 11.5 Å². The van der Waals surface area contributed by atoms with E-state index in [1.54, 1.807) is 0 Å². The molecule has 1 atom stereocenters. The molecule has 0 saturated heterocycles. The molecule has 4 heteroatoms. The summed E-state index contributed by atoms with van der Waals surface area (Å²) in [4.78, 5) is 12.2. The maximum absolute atomic E-state index is 12.2. The zero-order valence-corrected chi connectivity index (χ0v) is 14.9. The molecular weight excluding hydrogens is 324 g/mol. The number of aryl methyl sites for hydroxylation is 1. The summed E-state index contributed by atoms with van der Waals surface area (Å²) >= 11 is 0. The monoisotopic (exact) mass is 346 g/mol. The molecular formula is C22H22N2O2. The summed E-state index contributed by atoms with van der Waals surface area (Å²) in [6.45, 7) is 3.94. The Morgan fingerprint density at radius 1 is 0.885 bits per heavy atom. The number of hydrogen-bond acceptors (Lipinski definition) is 2. The highest BCUT2D eigenvalue weighted by Crippen LogP contribution is 2.23. The molecule has 0 aliphatic rings. The van der Waals surface area contributed by atoms with Crippen molar-refractivity contribution < 1.29 is 9.53 Å². The first-order valence-corrected chi connectivity index (χ1v) is 8.57. The average Bonchev–Trinajstić information content (AvgIpc) is 2.63. The van der Waals surface area contributed by atoms with Gasteiger partial charge in [0.1, 0.15) is 11.5 Å². The van der Waals surface area contributed by atoms with Gasteiger partial charge in [0, 0.05) is 5.69 Å². The zero-order valence-electron chi connectivity index (χ0n) is 14.9. The summed E-state index contributed by atoms with van der Waals surface area (Å²) < 4.78 is 5.78. The Balaban J connectivity index is 1.57. The first-order chi connectivity index (χ1) is 12.6. The first kappa shape index (κ1) is 17.5. The number of para-hydroxylation sites is 1. The van der Waals surface area contributed by atoms with Crippen LogP contribution < -0.4 is 15.4 Å². The normalized spacial score (nSPS) is 11.5. The van der Waals surface area contributed by atoms with Crippen molar-refractivity contribution in [2.45, 2.75) is 19.9 Å². The van der Waals surface area contributed by atoms with Crippen LogP contribution in [-0.4, -0.2) is 6.03 Å². The largest absolute Gasteiger partial charge is 0.457 e. The van der Waals surface area contributed by atoms with Crippen LogP contribution in [0.1, 0.15) is 24.1 Å². The highest BCUT2D eigenvalue weighted by atomic mass is 16.5. The van der Waals surface area contributed by atoms with Crippen molar-refractivity contribution in [2.75, 3.05) is 5.32 Å². The molecule has 0 heterocycles. The first-order valence-electron chi connectivity index (χ1n) is 8.57. The summed E-state index contributed by atoms with van der Waals surface area (Å²) in [6, 6.07) is 24.7. The Kier molecular flexibility index (Phi) is 5.54. The number of rotatable bonds is 5. The predicted molar refractivity (Wildman–Crippen MR) is 105 cm³/mol. The lowest BCUT2D eigenvalue weighted by molar-refractivity contribution is 0.249. The molecule has 0 aliphatic carbocycles. The van der Waals surface area contributed by atoms with E-state index in [4.69, 9.17) is 4.74 Å². The Bertz CT molecular complexity index is 861.